The summed E-state index contributed by atoms with van der Waals surface area (Å²) in [6.45, 7) is 4.18. The maximum atomic E-state index is 12.3. The van der Waals surface area contributed by atoms with Crippen LogP contribution in [0.5, 0.6) is 11.5 Å². The van der Waals surface area contributed by atoms with Crippen molar-refractivity contribution in [2.24, 2.45) is 0 Å². The van der Waals surface area contributed by atoms with E-state index in [1.165, 1.54) is 11.1 Å². The van der Waals surface area contributed by atoms with E-state index in [-0.39, 0.29) is 11.7 Å². The van der Waals surface area contributed by atoms with Crippen molar-refractivity contribution < 1.29 is 14.3 Å². The normalized spacial score (nSPS) is 16.8. The van der Waals surface area contributed by atoms with Crippen molar-refractivity contribution in [3.05, 3.63) is 64.9 Å². The Bertz CT molecular complexity index is 854. The Labute approximate surface area is 154 Å². The van der Waals surface area contributed by atoms with Crippen molar-refractivity contribution in [1.29, 1.82) is 0 Å². The Kier molecular flexibility index (Phi) is 5.31. The number of carbonyl (C=O) groups is 1. The molecule has 1 atom stereocenters. The Balaban J connectivity index is 1.81. The number of ketones is 1. The van der Waals surface area contributed by atoms with Crippen LogP contribution in [0, 0.1) is 13.8 Å². The molecule has 0 aromatic heterocycles. The van der Waals surface area contributed by atoms with Crippen molar-refractivity contribution in [3.63, 3.8) is 0 Å². The molecule has 0 bridgehead atoms. The molecule has 4 nitrogen and oxygen atoms in total. The molecule has 0 unspecified atom stereocenters. The molecule has 0 heterocycles. The van der Waals surface area contributed by atoms with Gasteiger partial charge < -0.3 is 14.8 Å². The van der Waals surface area contributed by atoms with E-state index in [0.29, 0.717) is 17.9 Å². The minimum Gasteiger partial charge on any atom is -0.493 e. The molecular weight excluding hydrogens is 326 g/mol. The fourth-order valence-corrected chi connectivity index (χ4v) is 3.33. The number of aryl methyl sites for hydroxylation is 2. The third-order valence-electron chi connectivity index (χ3n) is 4.94. The Morgan fingerprint density at radius 3 is 2.38 bits per heavy atom. The number of rotatable bonds is 5. The number of methoxy groups -OCH3 is 2. The average molecular weight is 351 g/mol. The predicted molar refractivity (Wildman–Crippen MR) is 104 cm³/mol. The van der Waals surface area contributed by atoms with Crippen LogP contribution in [-0.2, 0) is 4.79 Å². The van der Waals surface area contributed by atoms with E-state index in [0.717, 1.165) is 23.4 Å². The third kappa shape index (κ3) is 3.90. The molecule has 26 heavy (non-hydrogen) atoms. The van der Waals surface area contributed by atoms with Gasteiger partial charge in [0.2, 0.25) is 0 Å². The van der Waals surface area contributed by atoms with E-state index in [4.69, 9.17) is 9.47 Å². The van der Waals surface area contributed by atoms with Crippen molar-refractivity contribution in [3.8, 4) is 11.5 Å². The maximum absolute atomic E-state index is 12.3. The zero-order valence-corrected chi connectivity index (χ0v) is 15.8. The minimum atomic E-state index is 0.126. The number of anilines is 1. The van der Waals surface area contributed by atoms with Crippen LogP contribution >= 0.6 is 0 Å². The first-order valence-corrected chi connectivity index (χ1v) is 8.79. The highest BCUT2D eigenvalue weighted by Gasteiger charge is 2.23. The van der Waals surface area contributed by atoms with E-state index in [2.05, 4.69) is 31.3 Å². The van der Waals surface area contributed by atoms with E-state index in [1.54, 1.807) is 20.3 Å². The number of benzene rings is 2. The summed E-state index contributed by atoms with van der Waals surface area (Å²) in [7, 11) is 3.25. The van der Waals surface area contributed by atoms with Gasteiger partial charge in [-0.1, -0.05) is 12.1 Å². The van der Waals surface area contributed by atoms with Gasteiger partial charge in [0.25, 0.3) is 0 Å². The standard InChI is InChI=1S/C22H25NO3/c1-14-5-7-18(9-15(14)2)23-19-10-17(11-20(24)13-19)16-6-8-21(25-3)22(12-16)26-4/h5-9,12-13,17,23H,10-11H2,1-4H3/t17-/m0/s1. The lowest BCUT2D eigenvalue weighted by Gasteiger charge is -2.24. The van der Waals surface area contributed by atoms with Crippen molar-refractivity contribution in [1.82, 2.24) is 0 Å². The monoisotopic (exact) mass is 351 g/mol. The fraction of sp³-hybridized carbons (Fsp3) is 0.318. The summed E-state index contributed by atoms with van der Waals surface area (Å²) in [5.41, 5.74) is 5.54. The second-order valence-electron chi connectivity index (χ2n) is 6.78. The van der Waals surface area contributed by atoms with Crippen LogP contribution in [0.4, 0.5) is 5.69 Å². The zero-order valence-electron chi connectivity index (χ0n) is 15.8. The van der Waals surface area contributed by atoms with E-state index >= 15 is 0 Å². The summed E-state index contributed by atoms with van der Waals surface area (Å²) >= 11 is 0. The number of hydrogen-bond acceptors (Lipinski definition) is 4. The molecule has 1 aliphatic carbocycles. The van der Waals surface area contributed by atoms with Gasteiger partial charge in [0.1, 0.15) is 0 Å². The Morgan fingerprint density at radius 2 is 1.69 bits per heavy atom. The average Bonchev–Trinajstić information content (AvgIpc) is 2.63. The van der Waals surface area contributed by atoms with Crippen molar-refractivity contribution >= 4 is 11.5 Å². The minimum absolute atomic E-state index is 0.126. The van der Waals surface area contributed by atoms with E-state index in [9.17, 15) is 4.79 Å². The smallest absolute Gasteiger partial charge is 0.160 e. The van der Waals surface area contributed by atoms with Crippen molar-refractivity contribution in [2.45, 2.75) is 32.6 Å². The molecule has 4 heteroatoms. The topological polar surface area (TPSA) is 47.6 Å². The van der Waals surface area contributed by atoms with Crippen LogP contribution in [-0.4, -0.2) is 20.0 Å². The fourth-order valence-electron chi connectivity index (χ4n) is 3.33. The second-order valence-corrected chi connectivity index (χ2v) is 6.78. The van der Waals surface area contributed by atoms with Gasteiger partial charge in [0.05, 0.1) is 14.2 Å². The molecular formula is C22H25NO3. The molecule has 0 saturated carbocycles. The van der Waals surface area contributed by atoms with E-state index < -0.39 is 0 Å². The third-order valence-corrected chi connectivity index (χ3v) is 4.94. The highest BCUT2D eigenvalue weighted by Crippen LogP contribution is 2.36. The number of ether oxygens (including phenoxy) is 2. The molecule has 0 fully saturated rings. The van der Waals surface area contributed by atoms with Gasteiger partial charge >= 0.3 is 0 Å². The first-order valence-electron chi connectivity index (χ1n) is 8.79. The molecule has 0 radical (unpaired) electrons. The summed E-state index contributed by atoms with van der Waals surface area (Å²) in [4.78, 5) is 12.3. The van der Waals surface area contributed by atoms with Crippen LogP contribution in [0.3, 0.4) is 0 Å². The highest BCUT2D eigenvalue weighted by atomic mass is 16.5. The summed E-state index contributed by atoms with van der Waals surface area (Å²) < 4.78 is 10.7. The number of nitrogens with one attached hydrogen (secondary N) is 1. The second kappa shape index (κ2) is 7.65. The van der Waals surface area contributed by atoms with Gasteiger partial charge in [0.15, 0.2) is 17.3 Å². The Morgan fingerprint density at radius 1 is 0.923 bits per heavy atom. The lowest BCUT2D eigenvalue weighted by Crippen LogP contribution is -2.17. The molecule has 1 N–H and O–H groups in total. The molecule has 1 aliphatic rings. The van der Waals surface area contributed by atoms with Crippen LogP contribution in [0.25, 0.3) is 0 Å². The first kappa shape index (κ1) is 18.1. The first-order chi connectivity index (χ1) is 12.5. The summed E-state index contributed by atoms with van der Waals surface area (Å²) in [5.74, 6) is 1.65. The zero-order chi connectivity index (χ0) is 18.7. The highest BCUT2D eigenvalue weighted by molar-refractivity contribution is 5.92. The lowest BCUT2D eigenvalue weighted by molar-refractivity contribution is -0.115. The molecule has 3 rings (SSSR count). The molecule has 136 valence electrons. The van der Waals surface area contributed by atoms with E-state index in [1.807, 2.05) is 24.3 Å². The van der Waals surface area contributed by atoms with Gasteiger partial charge in [-0.3, -0.25) is 4.79 Å². The summed E-state index contributed by atoms with van der Waals surface area (Å²) in [5, 5.41) is 3.41. The van der Waals surface area contributed by atoms with Crippen LogP contribution in [0.15, 0.2) is 48.2 Å². The number of hydrogen-bond donors (Lipinski definition) is 1. The van der Waals surface area contributed by atoms with Crippen molar-refractivity contribution in [2.75, 3.05) is 19.5 Å². The number of allylic oxidation sites excluding steroid dienone is 2. The lowest BCUT2D eigenvalue weighted by atomic mass is 9.85. The molecule has 0 spiro atoms. The summed E-state index contributed by atoms with van der Waals surface area (Å²) in [6.07, 6.45) is 3.02. The molecule has 0 saturated heterocycles. The van der Waals surface area contributed by atoms with Crippen LogP contribution < -0.4 is 14.8 Å². The summed E-state index contributed by atoms with van der Waals surface area (Å²) in [6, 6.07) is 12.1. The molecule has 2 aromatic rings. The number of carbonyl (C=O) groups excluding carboxylic acids is 1. The maximum Gasteiger partial charge on any atom is 0.160 e. The molecule has 0 aliphatic heterocycles. The van der Waals surface area contributed by atoms with Gasteiger partial charge in [-0.15, -0.1) is 0 Å². The van der Waals surface area contributed by atoms with Gasteiger partial charge in [0, 0.05) is 23.9 Å². The Hall–Kier alpha value is -2.75. The largest absolute Gasteiger partial charge is 0.493 e. The molecule has 2 aromatic carbocycles. The SMILES string of the molecule is COc1ccc([C@@H]2CC(=O)C=C(Nc3ccc(C)c(C)c3)C2)cc1OC. The van der Waals surface area contributed by atoms with Gasteiger partial charge in [-0.05, 0) is 67.1 Å². The van der Waals surface area contributed by atoms with Crippen LogP contribution in [0.1, 0.15) is 35.4 Å². The van der Waals surface area contributed by atoms with Crippen LogP contribution in [0.2, 0.25) is 0 Å². The molecule has 0 amide bonds. The van der Waals surface area contributed by atoms with Gasteiger partial charge in [-0.2, -0.15) is 0 Å². The predicted octanol–water partition coefficient (Wildman–Crippen LogP) is 4.76. The van der Waals surface area contributed by atoms with Gasteiger partial charge in [-0.25, -0.2) is 0 Å². The quantitative estimate of drug-likeness (QED) is 0.843.